The molecule has 0 fully saturated rings. The van der Waals surface area contributed by atoms with Gasteiger partial charge in [0.15, 0.2) is 0 Å². The molecule has 0 aromatic carbocycles. The Balaban J connectivity index is 2.38. The molecule has 0 saturated heterocycles. The van der Waals surface area contributed by atoms with Crippen LogP contribution < -0.4 is 5.32 Å². The highest BCUT2D eigenvalue weighted by Gasteiger charge is 2.24. The predicted molar refractivity (Wildman–Crippen MR) is 57.4 cm³/mol. The fraction of sp³-hybridized carbons (Fsp3) is 0.636. The highest BCUT2D eigenvalue weighted by molar-refractivity contribution is 5.76. The Bertz CT molecular complexity index is 387. The molecular weight excluding hydrogens is 190 g/mol. The highest BCUT2D eigenvalue weighted by atomic mass is 16.1. The number of carbonyl (C=O) groups excluding carboxylic acids is 1. The van der Waals surface area contributed by atoms with Gasteiger partial charge in [0, 0.05) is 18.4 Å². The number of aryl methyl sites for hydroxylation is 1. The lowest BCUT2D eigenvalue weighted by atomic mass is 9.90. The number of amides is 1. The number of hydrogen-bond donors (Lipinski definition) is 1. The molecule has 0 unspecified atom stereocenters. The molecule has 4 heteroatoms. The normalized spacial score (nSPS) is 16.9. The third-order valence-corrected chi connectivity index (χ3v) is 2.69. The topological polar surface area (TPSA) is 46.9 Å². The first-order valence-corrected chi connectivity index (χ1v) is 5.29. The van der Waals surface area contributed by atoms with E-state index in [0.717, 1.165) is 17.9 Å². The molecule has 1 aliphatic heterocycles. The molecule has 82 valence electrons. The number of rotatable bonds is 0. The molecule has 0 spiro atoms. The summed E-state index contributed by atoms with van der Waals surface area (Å²) in [4.78, 5) is 15.7. The van der Waals surface area contributed by atoms with Crippen LogP contribution in [0.25, 0.3) is 0 Å². The molecule has 0 bridgehead atoms. The van der Waals surface area contributed by atoms with E-state index in [-0.39, 0.29) is 11.3 Å². The lowest BCUT2D eigenvalue weighted by Gasteiger charge is -2.18. The van der Waals surface area contributed by atoms with Crippen LogP contribution in [0, 0.1) is 0 Å². The number of nitrogens with one attached hydrogen (secondary N) is 1. The predicted octanol–water partition coefficient (Wildman–Crippen LogP) is 1.20. The molecule has 15 heavy (non-hydrogen) atoms. The van der Waals surface area contributed by atoms with Crippen LogP contribution in [0.2, 0.25) is 0 Å². The summed E-state index contributed by atoms with van der Waals surface area (Å²) < 4.78 is 2.08. The van der Waals surface area contributed by atoms with Gasteiger partial charge in [-0.3, -0.25) is 4.79 Å². The van der Waals surface area contributed by atoms with Gasteiger partial charge in [0.25, 0.3) is 0 Å². The van der Waals surface area contributed by atoms with E-state index >= 15 is 0 Å². The summed E-state index contributed by atoms with van der Waals surface area (Å²) in [7, 11) is 0. The van der Waals surface area contributed by atoms with Gasteiger partial charge >= 0.3 is 0 Å². The summed E-state index contributed by atoms with van der Waals surface area (Å²) in [5, 5.41) is 2.90. The lowest BCUT2D eigenvalue weighted by molar-refractivity contribution is -0.121. The monoisotopic (exact) mass is 207 g/mol. The minimum atomic E-state index is 0.0374. The molecule has 1 N–H and O–H groups in total. The van der Waals surface area contributed by atoms with Gasteiger partial charge in [0.1, 0.15) is 0 Å². The van der Waals surface area contributed by atoms with Gasteiger partial charge in [-0.2, -0.15) is 0 Å². The van der Waals surface area contributed by atoms with Crippen molar-refractivity contribution in [3.05, 3.63) is 17.7 Å². The molecule has 1 amide bonds. The molecule has 1 aliphatic rings. The number of imidazole rings is 1. The first-order valence-electron chi connectivity index (χ1n) is 5.29. The van der Waals surface area contributed by atoms with E-state index < -0.39 is 0 Å². The fourth-order valence-electron chi connectivity index (χ4n) is 1.90. The fourth-order valence-corrected chi connectivity index (χ4v) is 1.90. The van der Waals surface area contributed by atoms with Crippen molar-refractivity contribution in [3.8, 4) is 0 Å². The summed E-state index contributed by atoms with van der Waals surface area (Å²) >= 11 is 0. The summed E-state index contributed by atoms with van der Waals surface area (Å²) in [6.07, 6.45) is 2.39. The maximum Gasteiger partial charge on any atom is 0.222 e. The Morgan fingerprint density at radius 1 is 1.47 bits per heavy atom. The van der Waals surface area contributed by atoms with Gasteiger partial charge in [-0.05, 0) is 0 Å². The van der Waals surface area contributed by atoms with E-state index in [2.05, 4.69) is 35.6 Å². The minimum absolute atomic E-state index is 0.0374. The molecule has 1 aromatic rings. The standard InChI is InChI=1S/C11H17N3O/c1-11(2,3)10-8-6-12-9(15)4-5-14(8)7-13-10/h7H,4-6H2,1-3H3,(H,12,15). The zero-order chi connectivity index (χ0) is 11.1. The van der Waals surface area contributed by atoms with Crippen LogP contribution in [-0.2, 0) is 23.3 Å². The molecule has 2 heterocycles. The van der Waals surface area contributed by atoms with Crippen molar-refractivity contribution in [2.75, 3.05) is 0 Å². The van der Waals surface area contributed by atoms with E-state index in [1.165, 1.54) is 0 Å². The van der Waals surface area contributed by atoms with Gasteiger partial charge in [0.2, 0.25) is 5.91 Å². The Morgan fingerprint density at radius 2 is 2.20 bits per heavy atom. The summed E-state index contributed by atoms with van der Waals surface area (Å²) in [5.41, 5.74) is 2.27. The zero-order valence-electron chi connectivity index (χ0n) is 9.50. The largest absolute Gasteiger partial charge is 0.350 e. The van der Waals surface area contributed by atoms with Gasteiger partial charge in [-0.1, -0.05) is 20.8 Å². The number of fused-ring (bicyclic) bond motifs is 1. The zero-order valence-corrected chi connectivity index (χ0v) is 9.50. The van der Waals surface area contributed by atoms with Crippen molar-refractivity contribution >= 4 is 5.91 Å². The number of aromatic nitrogens is 2. The SMILES string of the molecule is CC(C)(C)c1ncn2c1CNC(=O)CC2. The third-order valence-electron chi connectivity index (χ3n) is 2.69. The molecule has 0 saturated carbocycles. The van der Waals surface area contributed by atoms with Crippen LogP contribution in [0.5, 0.6) is 0 Å². The average molecular weight is 207 g/mol. The second kappa shape index (κ2) is 3.36. The van der Waals surface area contributed by atoms with Crippen molar-refractivity contribution < 1.29 is 4.79 Å². The summed E-state index contributed by atoms with van der Waals surface area (Å²) in [6, 6.07) is 0. The van der Waals surface area contributed by atoms with Crippen LogP contribution in [0.4, 0.5) is 0 Å². The number of nitrogens with zero attached hydrogens (tertiary/aromatic N) is 2. The van der Waals surface area contributed by atoms with Gasteiger partial charge in [-0.25, -0.2) is 4.98 Å². The Labute approximate surface area is 89.7 Å². The second-order valence-electron chi connectivity index (χ2n) is 5.01. The molecule has 4 nitrogen and oxygen atoms in total. The Hall–Kier alpha value is -1.32. The van der Waals surface area contributed by atoms with Crippen molar-refractivity contribution in [3.63, 3.8) is 0 Å². The van der Waals surface area contributed by atoms with E-state index in [9.17, 15) is 4.79 Å². The summed E-state index contributed by atoms with van der Waals surface area (Å²) in [5.74, 6) is 0.124. The van der Waals surface area contributed by atoms with E-state index in [1.807, 2.05) is 6.33 Å². The van der Waals surface area contributed by atoms with E-state index in [0.29, 0.717) is 13.0 Å². The maximum absolute atomic E-state index is 11.3. The van der Waals surface area contributed by atoms with Crippen molar-refractivity contribution in [1.82, 2.24) is 14.9 Å². The molecule has 0 atom stereocenters. The third kappa shape index (κ3) is 1.89. The van der Waals surface area contributed by atoms with Gasteiger partial charge in [-0.15, -0.1) is 0 Å². The van der Waals surface area contributed by atoms with Crippen molar-refractivity contribution in [1.29, 1.82) is 0 Å². The van der Waals surface area contributed by atoms with Crippen LogP contribution in [-0.4, -0.2) is 15.5 Å². The Morgan fingerprint density at radius 3 is 2.87 bits per heavy atom. The van der Waals surface area contributed by atoms with Gasteiger partial charge in [0.05, 0.1) is 24.3 Å². The van der Waals surface area contributed by atoms with Crippen LogP contribution in [0.3, 0.4) is 0 Å². The van der Waals surface area contributed by atoms with Crippen molar-refractivity contribution in [2.24, 2.45) is 0 Å². The van der Waals surface area contributed by atoms with E-state index in [1.54, 1.807) is 0 Å². The molecule has 2 rings (SSSR count). The lowest BCUT2D eigenvalue weighted by Crippen LogP contribution is -2.23. The second-order valence-corrected chi connectivity index (χ2v) is 5.01. The van der Waals surface area contributed by atoms with Crippen molar-refractivity contribution in [2.45, 2.75) is 45.7 Å². The van der Waals surface area contributed by atoms with Crippen LogP contribution in [0.15, 0.2) is 6.33 Å². The number of carbonyl (C=O) groups is 1. The molecule has 1 aromatic heterocycles. The molecule has 0 radical (unpaired) electrons. The average Bonchev–Trinajstić information content (AvgIpc) is 2.46. The molecular formula is C11H17N3O. The quantitative estimate of drug-likeness (QED) is 0.695. The first kappa shape index (κ1) is 10.2. The first-order chi connectivity index (χ1) is 6.98. The number of hydrogen-bond acceptors (Lipinski definition) is 2. The van der Waals surface area contributed by atoms with E-state index in [4.69, 9.17) is 0 Å². The van der Waals surface area contributed by atoms with Gasteiger partial charge < -0.3 is 9.88 Å². The Kier molecular flexibility index (Phi) is 2.29. The smallest absolute Gasteiger partial charge is 0.222 e. The van der Waals surface area contributed by atoms with Crippen LogP contribution in [0.1, 0.15) is 38.6 Å². The summed E-state index contributed by atoms with van der Waals surface area (Å²) in [6.45, 7) is 7.77. The molecule has 0 aliphatic carbocycles. The van der Waals surface area contributed by atoms with Crippen LogP contribution >= 0.6 is 0 Å². The highest BCUT2D eigenvalue weighted by Crippen LogP contribution is 2.25. The minimum Gasteiger partial charge on any atom is -0.350 e. The maximum atomic E-state index is 11.3.